The van der Waals surface area contributed by atoms with Crippen LogP contribution in [0, 0.1) is 6.92 Å². The van der Waals surface area contributed by atoms with Gasteiger partial charge in [-0.1, -0.05) is 17.7 Å². The van der Waals surface area contributed by atoms with Crippen LogP contribution in [0.2, 0.25) is 0 Å². The van der Waals surface area contributed by atoms with Gasteiger partial charge < -0.3 is 9.47 Å². The number of esters is 1. The number of hydrogen-bond donors (Lipinski definition) is 0. The first-order valence-corrected chi connectivity index (χ1v) is 5.98. The van der Waals surface area contributed by atoms with E-state index >= 15 is 0 Å². The van der Waals surface area contributed by atoms with Crippen molar-refractivity contribution in [2.24, 2.45) is 0 Å². The molecule has 1 aromatic rings. The summed E-state index contributed by atoms with van der Waals surface area (Å²) in [6, 6.07) is 5.35. The molecule has 0 fully saturated rings. The van der Waals surface area contributed by atoms with E-state index in [9.17, 15) is 4.79 Å². The minimum absolute atomic E-state index is 0.258. The molecular weight excluding hydrogens is 230 g/mol. The Hall–Kier alpha value is -1.55. The molecule has 0 saturated carbocycles. The fraction of sp³-hybridized carbons (Fsp3) is 0.500. The van der Waals surface area contributed by atoms with Crippen LogP contribution in [0.1, 0.15) is 24.1 Å². The highest BCUT2D eigenvalue weighted by Gasteiger charge is 2.27. The number of aryl methyl sites for hydroxylation is 1. The molecular formula is C14H21NO3. The Bertz CT molecular complexity index is 416. The zero-order chi connectivity index (χ0) is 13.7. The zero-order valence-electron chi connectivity index (χ0n) is 11.7. The number of benzene rings is 1. The lowest BCUT2D eigenvalue weighted by molar-refractivity contribution is -0.148. The van der Waals surface area contributed by atoms with E-state index in [0.717, 1.165) is 11.1 Å². The first kappa shape index (κ1) is 14.5. The summed E-state index contributed by atoms with van der Waals surface area (Å²) in [5.41, 5.74) is 1.92. The Labute approximate surface area is 108 Å². The van der Waals surface area contributed by atoms with E-state index in [2.05, 4.69) is 0 Å². The minimum atomic E-state index is -0.445. The molecule has 0 aliphatic heterocycles. The van der Waals surface area contributed by atoms with Gasteiger partial charge in [0.15, 0.2) is 0 Å². The van der Waals surface area contributed by atoms with Crippen LogP contribution < -0.4 is 4.74 Å². The van der Waals surface area contributed by atoms with Crippen molar-refractivity contribution < 1.29 is 14.3 Å². The largest absolute Gasteiger partial charge is 0.496 e. The summed E-state index contributed by atoms with van der Waals surface area (Å²) < 4.78 is 10.4. The van der Waals surface area contributed by atoms with Gasteiger partial charge in [0.2, 0.25) is 0 Å². The van der Waals surface area contributed by atoms with E-state index in [1.165, 1.54) is 0 Å². The van der Waals surface area contributed by atoms with Gasteiger partial charge in [0.05, 0.1) is 13.7 Å². The lowest BCUT2D eigenvalue weighted by atomic mass is 10.0. The second-order valence-corrected chi connectivity index (χ2v) is 4.36. The van der Waals surface area contributed by atoms with Crippen molar-refractivity contribution >= 4 is 5.97 Å². The Morgan fingerprint density at radius 3 is 2.56 bits per heavy atom. The molecule has 0 N–H and O–H groups in total. The van der Waals surface area contributed by atoms with Gasteiger partial charge >= 0.3 is 5.97 Å². The topological polar surface area (TPSA) is 38.8 Å². The highest BCUT2D eigenvalue weighted by molar-refractivity contribution is 5.78. The van der Waals surface area contributed by atoms with Crippen molar-refractivity contribution in [3.05, 3.63) is 29.3 Å². The average molecular weight is 251 g/mol. The van der Waals surface area contributed by atoms with Crippen molar-refractivity contribution in [3.63, 3.8) is 0 Å². The van der Waals surface area contributed by atoms with Gasteiger partial charge in [-0.05, 0) is 34.0 Å². The zero-order valence-corrected chi connectivity index (χ0v) is 11.7. The highest BCUT2D eigenvalue weighted by Crippen LogP contribution is 2.30. The molecule has 0 aliphatic carbocycles. The van der Waals surface area contributed by atoms with Crippen molar-refractivity contribution in [2.45, 2.75) is 19.9 Å². The third-order valence-electron chi connectivity index (χ3n) is 2.71. The predicted octanol–water partition coefficient (Wildman–Crippen LogP) is 2.17. The lowest BCUT2D eigenvalue weighted by Crippen LogP contribution is -2.29. The molecule has 4 heteroatoms. The van der Waals surface area contributed by atoms with E-state index in [4.69, 9.17) is 9.47 Å². The number of likely N-dealkylation sites (N-methyl/N-ethyl adjacent to an activating group) is 1. The van der Waals surface area contributed by atoms with Gasteiger partial charge in [-0.25, -0.2) is 4.79 Å². The summed E-state index contributed by atoms with van der Waals surface area (Å²) in [7, 11) is 5.30. The monoisotopic (exact) mass is 251 g/mol. The van der Waals surface area contributed by atoms with Crippen molar-refractivity contribution in [1.82, 2.24) is 4.90 Å². The first-order valence-electron chi connectivity index (χ1n) is 5.98. The SMILES string of the molecule is CCOC(=O)C(c1cc(C)ccc1OC)N(C)C. The van der Waals surface area contributed by atoms with Crippen LogP contribution in [-0.4, -0.2) is 38.7 Å². The number of rotatable bonds is 5. The van der Waals surface area contributed by atoms with Crippen LogP contribution in [0.15, 0.2) is 18.2 Å². The summed E-state index contributed by atoms with van der Waals surface area (Å²) in [5.74, 6) is 0.443. The number of carbonyl (C=O) groups excluding carboxylic acids is 1. The molecule has 100 valence electrons. The molecule has 0 saturated heterocycles. The Balaban J connectivity index is 3.20. The molecule has 0 radical (unpaired) electrons. The molecule has 0 bridgehead atoms. The van der Waals surface area contributed by atoms with Crippen LogP contribution in [-0.2, 0) is 9.53 Å². The number of hydrogen-bond acceptors (Lipinski definition) is 4. The van der Waals surface area contributed by atoms with E-state index in [1.54, 1.807) is 14.0 Å². The molecule has 1 aromatic carbocycles. The molecule has 0 aromatic heterocycles. The summed E-state index contributed by atoms with van der Waals surface area (Å²) >= 11 is 0. The molecule has 0 amide bonds. The third kappa shape index (κ3) is 3.23. The van der Waals surface area contributed by atoms with Crippen LogP contribution in [0.5, 0.6) is 5.75 Å². The van der Waals surface area contributed by atoms with Gasteiger partial charge in [-0.2, -0.15) is 0 Å². The maximum absolute atomic E-state index is 12.0. The lowest BCUT2D eigenvalue weighted by Gasteiger charge is -2.24. The van der Waals surface area contributed by atoms with Crippen LogP contribution in [0.4, 0.5) is 0 Å². The molecule has 0 heterocycles. The standard InChI is InChI=1S/C14H21NO3/c1-6-18-14(16)13(15(3)4)11-9-10(2)7-8-12(11)17-5/h7-9,13H,6H2,1-5H3. The normalized spacial score (nSPS) is 12.3. The number of carbonyl (C=O) groups is 1. The number of nitrogens with zero attached hydrogens (tertiary/aromatic N) is 1. The number of methoxy groups -OCH3 is 1. The maximum atomic E-state index is 12.0. The van der Waals surface area contributed by atoms with Crippen molar-refractivity contribution in [1.29, 1.82) is 0 Å². The highest BCUT2D eigenvalue weighted by atomic mass is 16.5. The second kappa shape index (κ2) is 6.40. The molecule has 1 unspecified atom stereocenters. The molecule has 4 nitrogen and oxygen atoms in total. The predicted molar refractivity (Wildman–Crippen MR) is 70.8 cm³/mol. The molecule has 0 aliphatic rings. The van der Waals surface area contributed by atoms with E-state index in [-0.39, 0.29) is 5.97 Å². The summed E-state index contributed by atoms with van der Waals surface area (Å²) in [6.07, 6.45) is 0. The average Bonchev–Trinajstić information content (AvgIpc) is 2.29. The molecule has 1 atom stereocenters. The summed E-state index contributed by atoms with van der Waals surface area (Å²) in [4.78, 5) is 13.9. The van der Waals surface area contributed by atoms with Gasteiger partial charge in [0.25, 0.3) is 0 Å². The van der Waals surface area contributed by atoms with Gasteiger partial charge in [0.1, 0.15) is 11.8 Å². The Kier molecular flexibility index (Phi) is 5.16. The van der Waals surface area contributed by atoms with Crippen LogP contribution in [0.3, 0.4) is 0 Å². The minimum Gasteiger partial charge on any atom is -0.496 e. The second-order valence-electron chi connectivity index (χ2n) is 4.36. The van der Waals surface area contributed by atoms with E-state index in [1.807, 2.05) is 44.1 Å². The van der Waals surface area contributed by atoms with E-state index in [0.29, 0.717) is 12.4 Å². The van der Waals surface area contributed by atoms with E-state index < -0.39 is 6.04 Å². The number of ether oxygens (including phenoxy) is 2. The fourth-order valence-corrected chi connectivity index (χ4v) is 1.90. The smallest absolute Gasteiger partial charge is 0.328 e. The van der Waals surface area contributed by atoms with Gasteiger partial charge in [-0.15, -0.1) is 0 Å². The summed E-state index contributed by atoms with van der Waals surface area (Å²) in [6.45, 7) is 4.16. The van der Waals surface area contributed by atoms with Crippen molar-refractivity contribution in [2.75, 3.05) is 27.8 Å². The third-order valence-corrected chi connectivity index (χ3v) is 2.71. The van der Waals surface area contributed by atoms with Crippen LogP contribution in [0.25, 0.3) is 0 Å². The molecule has 18 heavy (non-hydrogen) atoms. The fourth-order valence-electron chi connectivity index (χ4n) is 1.90. The molecule has 1 rings (SSSR count). The van der Waals surface area contributed by atoms with Crippen LogP contribution >= 0.6 is 0 Å². The maximum Gasteiger partial charge on any atom is 0.328 e. The first-order chi connectivity index (χ1) is 8.51. The quantitative estimate of drug-likeness (QED) is 0.752. The van der Waals surface area contributed by atoms with Crippen molar-refractivity contribution in [3.8, 4) is 5.75 Å². The Morgan fingerprint density at radius 1 is 1.39 bits per heavy atom. The Morgan fingerprint density at radius 2 is 2.06 bits per heavy atom. The molecule has 0 spiro atoms. The van der Waals surface area contributed by atoms with Gasteiger partial charge in [-0.3, -0.25) is 4.90 Å². The van der Waals surface area contributed by atoms with Gasteiger partial charge in [0, 0.05) is 5.56 Å². The summed E-state index contributed by atoms with van der Waals surface area (Å²) in [5, 5.41) is 0.